The summed E-state index contributed by atoms with van der Waals surface area (Å²) in [6, 6.07) is 9.80. The molecule has 5 nitrogen and oxygen atoms in total. The van der Waals surface area contributed by atoms with Crippen molar-refractivity contribution in [2.75, 3.05) is 6.61 Å². The van der Waals surface area contributed by atoms with Crippen LogP contribution >= 0.6 is 0 Å². The summed E-state index contributed by atoms with van der Waals surface area (Å²) in [6.45, 7) is 2.15. The highest BCUT2D eigenvalue weighted by Gasteiger charge is 2.44. The number of aliphatic hydroxyl groups excluding tert-OH is 1. The molecule has 0 spiro atoms. The van der Waals surface area contributed by atoms with Crippen LogP contribution in [0.15, 0.2) is 54.1 Å². The van der Waals surface area contributed by atoms with Gasteiger partial charge in [-0.25, -0.2) is 4.79 Å². The molecule has 2 aliphatic heterocycles. The summed E-state index contributed by atoms with van der Waals surface area (Å²) in [5, 5.41) is 9.00. The molecular weight excluding hydrogens is 296 g/mol. The van der Waals surface area contributed by atoms with Gasteiger partial charge >= 0.3 is 5.97 Å². The third-order valence-corrected chi connectivity index (χ3v) is 3.95. The Kier molecular flexibility index (Phi) is 4.91. The van der Waals surface area contributed by atoms with Crippen LogP contribution in [0.25, 0.3) is 0 Å². The number of benzene rings is 1. The highest BCUT2D eigenvalue weighted by molar-refractivity contribution is 5.92. The van der Waals surface area contributed by atoms with Gasteiger partial charge in [-0.1, -0.05) is 42.5 Å². The first kappa shape index (κ1) is 15.9. The van der Waals surface area contributed by atoms with E-state index >= 15 is 0 Å². The number of fused-ring (bicyclic) bond motifs is 1. The highest BCUT2D eigenvalue weighted by atomic mass is 16.6. The van der Waals surface area contributed by atoms with E-state index in [0.717, 1.165) is 5.56 Å². The van der Waals surface area contributed by atoms with Crippen molar-refractivity contribution in [3.8, 4) is 0 Å². The second-order valence-corrected chi connectivity index (χ2v) is 5.63. The van der Waals surface area contributed by atoms with Crippen LogP contribution in [0.4, 0.5) is 0 Å². The van der Waals surface area contributed by atoms with Gasteiger partial charge in [0.15, 0.2) is 0 Å². The minimum Gasteiger partial charge on any atom is -0.456 e. The lowest BCUT2D eigenvalue weighted by atomic mass is 9.99. The Morgan fingerprint density at radius 3 is 2.83 bits per heavy atom. The van der Waals surface area contributed by atoms with Gasteiger partial charge in [0.1, 0.15) is 24.4 Å². The Bertz CT molecular complexity index is 607. The van der Waals surface area contributed by atoms with E-state index in [9.17, 15) is 4.79 Å². The van der Waals surface area contributed by atoms with Crippen LogP contribution in [0.2, 0.25) is 0 Å². The Hall–Kier alpha value is -1.95. The van der Waals surface area contributed by atoms with Gasteiger partial charge in [-0.3, -0.25) is 0 Å². The van der Waals surface area contributed by atoms with Crippen LogP contribution in [0.1, 0.15) is 12.5 Å². The van der Waals surface area contributed by atoms with Gasteiger partial charge in [-0.15, -0.1) is 0 Å². The largest absolute Gasteiger partial charge is 0.456 e. The second-order valence-electron chi connectivity index (χ2n) is 5.63. The van der Waals surface area contributed by atoms with Crippen LogP contribution in [0.5, 0.6) is 0 Å². The van der Waals surface area contributed by atoms with E-state index in [2.05, 4.69) is 0 Å². The van der Waals surface area contributed by atoms with Crippen molar-refractivity contribution in [1.29, 1.82) is 0 Å². The van der Waals surface area contributed by atoms with Gasteiger partial charge in [0.25, 0.3) is 0 Å². The SMILES string of the molecule is CC1OC(=O)C2=CC(OCc3ccccc3)C(C=CCO)OC21. The molecule has 2 aliphatic rings. The van der Waals surface area contributed by atoms with Gasteiger partial charge < -0.3 is 19.3 Å². The van der Waals surface area contributed by atoms with Crippen molar-refractivity contribution >= 4 is 5.97 Å². The fourth-order valence-electron chi connectivity index (χ4n) is 2.79. The zero-order valence-corrected chi connectivity index (χ0v) is 12.9. The number of cyclic esters (lactones) is 1. The summed E-state index contributed by atoms with van der Waals surface area (Å²) in [4.78, 5) is 11.9. The summed E-state index contributed by atoms with van der Waals surface area (Å²) < 4.78 is 17.1. The predicted octanol–water partition coefficient (Wildman–Crippen LogP) is 1.76. The number of carbonyl (C=O) groups is 1. The molecule has 1 aromatic carbocycles. The van der Waals surface area contributed by atoms with E-state index in [1.165, 1.54) is 0 Å². The van der Waals surface area contributed by atoms with E-state index < -0.39 is 6.10 Å². The quantitative estimate of drug-likeness (QED) is 0.662. The molecule has 3 rings (SSSR count). The van der Waals surface area contributed by atoms with Gasteiger partial charge in [0.2, 0.25) is 0 Å². The molecule has 2 heterocycles. The minimum atomic E-state index is -0.401. The number of carbonyl (C=O) groups excluding carboxylic acids is 1. The molecule has 4 unspecified atom stereocenters. The lowest BCUT2D eigenvalue weighted by molar-refractivity contribution is -0.139. The Balaban J connectivity index is 1.77. The van der Waals surface area contributed by atoms with Gasteiger partial charge in [0.05, 0.1) is 18.8 Å². The van der Waals surface area contributed by atoms with Crippen LogP contribution in [0.3, 0.4) is 0 Å². The maximum atomic E-state index is 11.9. The molecule has 1 saturated heterocycles. The zero-order valence-electron chi connectivity index (χ0n) is 12.9. The maximum absolute atomic E-state index is 11.9. The number of aliphatic hydroxyl groups is 1. The van der Waals surface area contributed by atoms with Gasteiger partial charge in [0, 0.05) is 0 Å². The normalized spacial score (nSPS) is 30.2. The first-order chi connectivity index (χ1) is 11.2. The average Bonchev–Trinajstić information content (AvgIpc) is 2.85. The van der Waals surface area contributed by atoms with E-state index in [0.29, 0.717) is 12.2 Å². The van der Waals surface area contributed by atoms with Crippen molar-refractivity contribution in [2.45, 2.75) is 37.9 Å². The molecule has 0 saturated carbocycles. The molecule has 0 amide bonds. The monoisotopic (exact) mass is 316 g/mol. The highest BCUT2D eigenvalue weighted by Crippen LogP contribution is 2.32. The molecule has 1 N–H and O–H groups in total. The molecule has 0 aliphatic carbocycles. The van der Waals surface area contributed by atoms with Gasteiger partial charge in [-0.05, 0) is 18.6 Å². The molecular formula is C18H20O5. The Morgan fingerprint density at radius 1 is 1.30 bits per heavy atom. The standard InChI is InChI=1S/C18H20O5/c1-12-17-14(18(20)22-12)10-16(15(23-17)8-5-9-19)21-11-13-6-3-2-4-7-13/h2-8,10,12,15-17,19H,9,11H2,1H3. The van der Waals surface area contributed by atoms with Crippen molar-refractivity contribution in [3.05, 3.63) is 59.7 Å². The fourth-order valence-corrected chi connectivity index (χ4v) is 2.79. The van der Waals surface area contributed by atoms with Gasteiger partial charge in [-0.2, -0.15) is 0 Å². The zero-order chi connectivity index (χ0) is 16.2. The summed E-state index contributed by atoms with van der Waals surface area (Å²) in [6.07, 6.45) is 3.71. The second kappa shape index (κ2) is 7.08. The average molecular weight is 316 g/mol. The molecule has 0 bridgehead atoms. The first-order valence-corrected chi connectivity index (χ1v) is 7.70. The summed E-state index contributed by atoms with van der Waals surface area (Å²) in [5.74, 6) is -0.347. The van der Waals surface area contributed by atoms with Crippen LogP contribution in [-0.2, 0) is 25.6 Å². The van der Waals surface area contributed by atoms with Crippen LogP contribution < -0.4 is 0 Å². The number of hydrogen-bond donors (Lipinski definition) is 1. The summed E-state index contributed by atoms with van der Waals surface area (Å²) >= 11 is 0. The molecule has 0 radical (unpaired) electrons. The molecule has 122 valence electrons. The number of ether oxygens (including phenoxy) is 3. The third kappa shape index (κ3) is 3.52. The van der Waals surface area contributed by atoms with E-state index in [-0.39, 0.29) is 30.9 Å². The number of hydrogen-bond acceptors (Lipinski definition) is 5. The minimum absolute atomic E-state index is 0.0719. The van der Waals surface area contributed by atoms with E-state index in [1.54, 1.807) is 25.2 Å². The van der Waals surface area contributed by atoms with Crippen molar-refractivity contribution in [3.63, 3.8) is 0 Å². The topological polar surface area (TPSA) is 65.0 Å². The van der Waals surface area contributed by atoms with E-state index in [4.69, 9.17) is 19.3 Å². The van der Waals surface area contributed by atoms with E-state index in [1.807, 2.05) is 30.3 Å². The summed E-state index contributed by atoms with van der Waals surface area (Å²) in [5.41, 5.74) is 1.56. The predicted molar refractivity (Wildman–Crippen MR) is 83.5 cm³/mol. The molecule has 1 fully saturated rings. The van der Waals surface area contributed by atoms with Crippen molar-refractivity contribution in [2.24, 2.45) is 0 Å². The third-order valence-electron chi connectivity index (χ3n) is 3.95. The van der Waals surface area contributed by atoms with Crippen molar-refractivity contribution in [1.82, 2.24) is 0 Å². The maximum Gasteiger partial charge on any atom is 0.336 e. The lowest BCUT2D eigenvalue weighted by Gasteiger charge is -2.31. The fraction of sp³-hybridized carbons (Fsp3) is 0.389. The molecule has 5 heteroatoms. The first-order valence-electron chi connectivity index (χ1n) is 7.70. The number of esters is 1. The molecule has 23 heavy (non-hydrogen) atoms. The lowest BCUT2D eigenvalue weighted by Crippen LogP contribution is -2.40. The Morgan fingerprint density at radius 2 is 2.09 bits per heavy atom. The number of rotatable bonds is 5. The smallest absolute Gasteiger partial charge is 0.336 e. The molecule has 0 aromatic heterocycles. The van der Waals surface area contributed by atoms with Crippen LogP contribution in [-0.4, -0.2) is 42.1 Å². The van der Waals surface area contributed by atoms with Crippen LogP contribution in [0, 0.1) is 0 Å². The molecule has 1 aromatic rings. The Labute approximate surface area is 135 Å². The summed E-state index contributed by atoms with van der Waals surface area (Å²) in [7, 11) is 0. The van der Waals surface area contributed by atoms with Crippen molar-refractivity contribution < 1.29 is 24.1 Å². The molecule has 4 atom stereocenters.